The molecule has 2 heterocycles. The first-order valence-electron chi connectivity index (χ1n) is 11.9. The van der Waals surface area contributed by atoms with Crippen molar-refractivity contribution in [3.63, 3.8) is 0 Å². The van der Waals surface area contributed by atoms with Gasteiger partial charge in [-0.05, 0) is 54.4 Å². The molecule has 3 aromatic rings. The summed E-state index contributed by atoms with van der Waals surface area (Å²) in [6, 6.07) is 14.5. The van der Waals surface area contributed by atoms with Gasteiger partial charge >= 0.3 is 6.03 Å². The fourth-order valence-corrected chi connectivity index (χ4v) is 4.64. The Morgan fingerprint density at radius 3 is 2.44 bits per heavy atom. The topological polar surface area (TPSA) is 96.5 Å². The van der Waals surface area contributed by atoms with E-state index >= 15 is 0 Å². The molecule has 190 valence electrons. The third-order valence-electron chi connectivity index (χ3n) is 5.53. The van der Waals surface area contributed by atoms with Gasteiger partial charge in [0, 0.05) is 41.8 Å². The van der Waals surface area contributed by atoms with Crippen molar-refractivity contribution in [1.82, 2.24) is 15.3 Å². The summed E-state index contributed by atoms with van der Waals surface area (Å²) in [4.78, 5) is 24.2. The molecule has 36 heavy (non-hydrogen) atoms. The van der Waals surface area contributed by atoms with Crippen LogP contribution in [0.25, 0.3) is 11.4 Å². The zero-order valence-electron chi connectivity index (χ0n) is 20.4. The summed E-state index contributed by atoms with van der Waals surface area (Å²) < 4.78 is 31.7. The van der Waals surface area contributed by atoms with Crippen LogP contribution in [0.1, 0.15) is 19.5 Å². The molecule has 0 saturated carbocycles. The fourth-order valence-electron chi connectivity index (χ4n) is 3.62. The number of carbonyl (C=O) groups excluding carboxylic acids is 1. The zero-order chi connectivity index (χ0) is 25.5. The smallest absolute Gasteiger partial charge is 0.319 e. The van der Waals surface area contributed by atoms with E-state index in [1.54, 1.807) is 12.1 Å². The van der Waals surface area contributed by atoms with Gasteiger partial charge in [0.25, 0.3) is 0 Å². The van der Waals surface area contributed by atoms with Gasteiger partial charge in [-0.3, -0.25) is 4.21 Å². The lowest BCUT2D eigenvalue weighted by Crippen LogP contribution is -2.37. The van der Waals surface area contributed by atoms with Gasteiger partial charge < -0.3 is 20.3 Å². The first-order chi connectivity index (χ1) is 17.4. The largest absolute Gasteiger partial charge is 0.378 e. The third-order valence-corrected chi connectivity index (χ3v) is 6.88. The number of aromatic nitrogens is 2. The molecule has 1 saturated heterocycles. The number of rotatable bonds is 8. The second-order valence-electron chi connectivity index (χ2n) is 8.89. The molecule has 1 aliphatic heterocycles. The van der Waals surface area contributed by atoms with Gasteiger partial charge in [-0.15, -0.1) is 0 Å². The van der Waals surface area contributed by atoms with Crippen LogP contribution >= 0.6 is 0 Å². The number of urea groups is 1. The second kappa shape index (κ2) is 12.0. The van der Waals surface area contributed by atoms with Gasteiger partial charge in [0.1, 0.15) is 11.6 Å². The lowest BCUT2D eigenvalue weighted by atomic mass is 10.2. The van der Waals surface area contributed by atoms with Crippen LogP contribution in [0.15, 0.2) is 59.5 Å². The summed E-state index contributed by atoms with van der Waals surface area (Å²) in [6.07, 6.45) is 0. The normalized spacial score (nSPS) is 14.5. The monoisotopic (exact) mass is 511 g/mol. The van der Waals surface area contributed by atoms with Crippen molar-refractivity contribution >= 4 is 28.3 Å². The molecule has 2 N–H and O–H groups in total. The van der Waals surface area contributed by atoms with Crippen molar-refractivity contribution in [2.45, 2.75) is 24.5 Å². The Labute approximate surface area is 212 Å². The van der Waals surface area contributed by atoms with Gasteiger partial charge in [-0.2, -0.15) is 0 Å². The van der Waals surface area contributed by atoms with Crippen molar-refractivity contribution in [2.24, 2.45) is 5.92 Å². The minimum atomic E-state index is -1.39. The Kier molecular flexibility index (Phi) is 8.61. The lowest BCUT2D eigenvalue weighted by molar-refractivity contribution is 0.122. The number of halogens is 1. The van der Waals surface area contributed by atoms with E-state index in [0.29, 0.717) is 60.9 Å². The number of nitrogens with zero attached hydrogens (tertiary/aromatic N) is 3. The Morgan fingerprint density at radius 1 is 1.08 bits per heavy atom. The minimum Gasteiger partial charge on any atom is -0.378 e. The van der Waals surface area contributed by atoms with E-state index in [9.17, 15) is 13.4 Å². The number of anilines is 2. The molecule has 0 aliphatic carbocycles. The van der Waals surface area contributed by atoms with Gasteiger partial charge in [0.15, 0.2) is 5.82 Å². The number of benzene rings is 2. The molecule has 1 aliphatic rings. The van der Waals surface area contributed by atoms with Crippen LogP contribution in [-0.2, 0) is 21.3 Å². The average Bonchev–Trinajstić information content (AvgIpc) is 2.88. The van der Waals surface area contributed by atoms with Crippen LogP contribution in [0.4, 0.5) is 20.7 Å². The second-order valence-corrected chi connectivity index (χ2v) is 10.3. The molecule has 2 amide bonds. The summed E-state index contributed by atoms with van der Waals surface area (Å²) in [7, 11) is -1.39. The van der Waals surface area contributed by atoms with Crippen molar-refractivity contribution in [1.29, 1.82) is 0 Å². The quantitative estimate of drug-likeness (QED) is 0.471. The number of morpholine rings is 1. The van der Waals surface area contributed by atoms with E-state index in [-0.39, 0.29) is 17.6 Å². The van der Waals surface area contributed by atoms with Crippen LogP contribution in [0, 0.1) is 11.7 Å². The number of amides is 2. The SMILES string of the molecule is CC(C)CNC(=O)Nc1ccc(-c2nc(CS(=O)c3ccc(F)cc3)cc(N3CCOCC3)n2)cc1. The molecular formula is C26H30FN5O3S. The highest BCUT2D eigenvalue weighted by Gasteiger charge is 2.17. The summed E-state index contributed by atoms with van der Waals surface area (Å²) in [5.41, 5.74) is 2.05. The molecule has 1 unspecified atom stereocenters. The maximum absolute atomic E-state index is 13.3. The van der Waals surface area contributed by atoms with E-state index in [2.05, 4.69) is 20.5 Å². The molecule has 10 heteroatoms. The summed E-state index contributed by atoms with van der Waals surface area (Å²) in [5, 5.41) is 5.64. The number of hydrogen-bond donors (Lipinski definition) is 2. The maximum atomic E-state index is 13.3. The fraction of sp³-hybridized carbons (Fsp3) is 0.346. The lowest BCUT2D eigenvalue weighted by Gasteiger charge is -2.28. The molecule has 4 rings (SSSR count). The van der Waals surface area contributed by atoms with Crippen LogP contribution in [0.3, 0.4) is 0 Å². The number of hydrogen-bond acceptors (Lipinski definition) is 6. The summed E-state index contributed by atoms with van der Waals surface area (Å²) >= 11 is 0. The Balaban J connectivity index is 1.56. The van der Waals surface area contributed by atoms with Crippen molar-refractivity contribution in [3.05, 3.63) is 66.1 Å². The number of ether oxygens (including phenoxy) is 1. The molecule has 2 aromatic carbocycles. The van der Waals surface area contributed by atoms with Crippen LogP contribution in [-0.4, -0.2) is 53.1 Å². The van der Waals surface area contributed by atoms with Gasteiger partial charge in [-0.25, -0.2) is 19.2 Å². The molecule has 0 radical (unpaired) electrons. The first kappa shape index (κ1) is 25.7. The predicted molar refractivity (Wildman–Crippen MR) is 139 cm³/mol. The first-order valence-corrected chi connectivity index (χ1v) is 13.2. The molecule has 0 spiro atoms. The van der Waals surface area contributed by atoms with Crippen LogP contribution < -0.4 is 15.5 Å². The predicted octanol–water partition coefficient (Wildman–Crippen LogP) is 4.20. The summed E-state index contributed by atoms with van der Waals surface area (Å²) in [6.45, 7) is 7.27. The van der Waals surface area contributed by atoms with Crippen LogP contribution in [0.2, 0.25) is 0 Å². The van der Waals surface area contributed by atoms with E-state index in [1.165, 1.54) is 24.3 Å². The molecule has 0 bridgehead atoms. The Morgan fingerprint density at radius 2 is 1.78 bits per heavy atom. The van der Waals surface area contributed by atoms with Crippen molar-refractivity contribution in [2.75, 3.05) is 43.1 Å². The van der Waals surface area contributed by atoms with Gasteiger partial charge in [-0.1, -0.05) is 13.8 Å². The Bertz CT molecular complexity index is 1200. The molecule has 1 atom stereocenters. The highest BCUT2D eigenvalue weighted by atomic mass is 32.2. The van der Waals surface area contributed by atoms with Crippen molar-refractivity contribution < 1.29 is 18.1 Å². The molecular weight excluding hydrogens is 481 g/mol. The van der Waals surface area contributed by atoms with Gasteiger partial charge in [0.05, 0.1) is 35.5 Å². The van der Waals surface area contributed by atoms with E-state index in [1.807, 2.05) is 32.0 Å². The van der Waals surface area contributed by atoms with Crippen LogP contribution in [0.5, 0.6) is 0 Å². The zero-order valence-corrected chi connectivity index (χ0v) is 21.2. The minimum absolute atomic E-state index is 0.175. The average molecular weight is 512 g/mol. The van der Waals surface area contributed by atoms with Gasteiger partial charge in [0.2, 0.25) is 0 Å². The molecule has 8 nitrogen and oxygen atoms in total. The molecule has 1 fully saturated rings. The maximum Gasteiger partial charge on any atom is 0.319 e. The van der Waals surface area contributed by atoms with E-state index < -0.39 is 10.8 Å². The number of carbonyl (C=O) groups is 1. The standard InChI is InChI=1S/C26H30FN5O3S/c1-18(2)16-28-26(33)30-21-7-3-19(4-8-21)25-29-22(15-24(31-25)32-11-13-35-14-12-32)17-36(34)23-9-5-20(27)6-10-23/h3-10,15,18H,11-14,16-17H2,1-2H3,(H2,28,30,33). The molecule has 1 aromatic heterocycles. The number of nitrogens with one attached hydrogen (secondary N) is 2. The van der Waals surface area contributed by atoms with E-state index in [4.69, 9.17) is 9.72 Å². The highest BCUT2D eigenvalue weighted by Crippen LogP contribution is 2.24. The summed E-state index contributed by atoms with van der Waals surface area (Å²) in [5.74, 6) is 1.41. The van der Waals surface area contributed by atoms with E-state index in [0.717, 1.165) is 11.4 Å². The van der Waals surface area contributed by atoms with Crippen molar-refractivity contribution in [3.8, 4) is 11.4 Å². The third kappa shape index (κ3) is 7.08. The highest BCUT2D eigenvalue weighted by molar-refractivity contribution is 7.84. The Hall–Kier alpha value is -3.37.